The molecule has 1 nitrogen and oxygen atoms in total. The number of rotatable bonds is 1. The first kappa shape index (κ1) is 11.3. The highest BCUT2D eigenvalue weighted by molar-refractivity contribution is 6.30. The first-order valence-corrected chi connectivity index (χ1v) is 4.28. The lowest BCUT2D eigenvalue weighted by Crippen LogP contribution is -2.29. The minimum absolute atomic E-state index is 0.0185. The zero-order valence-corrected chi connectivity index (χ0v) is 8.15. The van der Waals surface area contributed by atoms with Gasteiger partial charge in [0.15, 0.2) is 0 Å². The van der Waals surface area contributed by atoms with Crippen molar-refractivity contribution < 1.29 is 13.2 Å². The summed E-state index contributed by atoms with van der Waals surface area (Å²) in [7, 11) is 0. The van der Waals surface area contributed by atoms with Gasteiger partial charge >= 0.3 is 6.18 Å². The Bertz CT molecular complexity index is 335. The van der Waals surface area contributed by atoms with Gasteiger partial charge in [0.05, 0.1) is 0 Å². The average Bonchev–Trinajstić information content (AvgIpc) is 2.06. The standard InChI is InChI=1S/C9H9ClF3N/c1-5-2-3-6(10)4-7(5)8(14)9(11,12)13/h2-4,8H,14H2,1H3/t8-/m1/s1. The smallest absolute Gasteiger partial charge is 0.316 e. The number of halogens is 4. The van der Waals surface area contributed by atoms with Crippen LogP contribution in [0.15, 0.2) is 18.2 Å². The highest BCUT2D eigenvalue weighted by atomic mass is 35.5. The van der Waals surface area contributed by atoms with Gasteiger partial charge in [0.2, 0.25) is 0 Å². The van der Waals surface area contributed by atoms with Gasteiger partial charge in [-0.2, -0.15) is 13.2 Å². The number of nitrogens with two attached hydrogens (primary N) is 1. The average molecular weight is 224 g/mol. The number of benzene rings is 1. The highest BCUT2D eigenvalue weighted by Gasteiger charge is 2.38. The van der Waals surface area contributed by atoms with Crippen LogP contribution in [0.5, 0.6) is 0 Å². The third kappa shape index (κ3) is 2.39. The van der Waals surface area contributed by atoms with Gasteiger partial charge in [-0.3, -0.25) is 0 Å². The van der Waals surface area contributed by atoms with Crippen LogP contribution in [0.25, 0.3) is 0 Å². The van der Waals surface area contributed by atoms with Crippen molar-refractivity contribution in [3.05, 3.63) is 34.3 Å². The van der Waals surface area contributed by atoms with E-state index in [-0.39, 0.29) is 10.6 Å². The predicted octanol–water partition coefficient (Wildman–Crippen LogP) is 3.21. The van der Waals surface area contributed by atoms with Crippen molar-refractivity contribution in [2.75, 3.05) is 0 Å². The molecule has 0 bridgehead atoms. The Morgan fingerprint density at radius 3 is 2.43 bits per heavy atom. The van der Waals surface area contributed by atoms with E-state index < -0.39 is 12.2 Å². The van der Waals surface area contributed by atoms with Crippen molar-refractivity contribution in [1.29, 1.82) is 0 Å². The van der Waals surface area contributed by atoms with Crippen LogP contribution in [-0.2, 0) is 0 Å². The second-order valence-corrected chi connectivity index (χ2v) is 3.46. The number of aryl methyl sites for hydroxylation is 1. The van der Waals surface area contributed by atoms with E-state index in [1.807, 2.05) is 0 Å². The van der Waals surface area contributed by atoms with E-state index in [0.29, 0.717) is 5.56 Å². The summed E-state index contributed by atoms with van der Waals surface area (Å²) in [6.07, 6.45) is -4.44. The lowest BCUT2D eigenvalue weighted by Gasteiger charge is -2.18. The molecule has 0 heterocycles. The molecule has 1 aromatic carbocycles. The van der Waals surface area contributed by atoms with E-state index in [4.69, 9.17) is 17.3 Å². The van der Waals surface area contributed by atoms with Crippen LogP contribution in [0.2, 0.25) is 5.02 Å². The molecular formula is C9H9ClF3N. The summed E-state index contributed by atoms with van der Waals surface area (Å²) in [5, 5.41) is 0.255. The first-order chi connectivity index (χ1) is 6.32. The van der Waals surface area contributed by atoms with Crippen molar-refractivity contribution in [2.24, 2.45) is 5.73 Å². The molecule has 0 aliphatic carbocycles. The molecule has 0 spiro atoms. The monoisotopic (exact) mass is 223 g/mol. The van der Waals surface area contributed by atoms with Crippen molar-refractivity contribution in [2.45, 2.75) is 19.1 Å². The molecule has 0 unspecified atom stereocenters. The molecule has 1 rings (SSSR count). The lowest BCUT2D eigenvalue weighted by molar-refractivity contribution is -0.149. The van der Waals surface area contributed by atoms with Gasteiger partial charge < -0.3 is 5.73 Å². The molecule has 0 saturated carbocycles. The fraction of sp³-hybridized carbons (Fsp3) is 0.333. The van der Waals surface area contributed by atoms with E-state index in [1.54, 1.807) is 6.92 Å². The Morgan fingerprint density at radius 2 is 1.93 bits per heavy atom. The second kappa shape index (κ2) is 3.79. The Morgan fingerprint density at radius 1 is 1.36 bits per heavy atom. The zero-order valence-electron chi connectivity index (χ0n) is 7.40. The number of hydrogen-bond acceptors (Lipinski definition) is 1. The normalized spacial score (nSPS) is 14.1. The second-order valence-electron chi connectivity index (χ2n) is 3.02. The van der Waals surface area contributed by atoms with Crippen molar-refractivity contribution in [3.63, 3.8) is 0 Å². The van der Waals surface area contributed by atoms with Crippen LogP contribution in [0, 0.1) is 6.92 Å². The molecule has 14 heavy (non-hydrogen) atoms. The van der Waals surface area contributed by atoms with Crippen molar-refractivity contribution >= 4 is 11.6 Å². The summed E-state index contributed by atoms with van der Waals surface area (Å²) in [6.45, 7) is 1.57. The van der Waals surface area contributed by atoms with Crippen LogP contribution in [-0.4, -0.2) is 6.18 Å². The van der Waals surface area contributed by atoms with Gasteiger partial charge in [-0.1, -0.05) is 17.7 Å². The Balaban J connectivity index is 3.12. The minimum atomic E-state index is -4.44. The maximum atomic E-state index is 12.3. The van der Waals surface area contributed by atoms with Crippen LogP contribution in [0.3, 0.4) is 0 Å². The van der Waals surface area contributed by atoms with E-state index in [1.165, 1.54) is 18.2 Å². The summed E-state index contributed by atoms with van der Waals surface area (Å²) in [5.41, 5.74) is 5.56. The third-order valence-electron chi connectivity index (χ3n) is 1.93. The van der Waals surface area contributed by atoms with Crippen LogP contribution in [0.1, 0.15) is 17.2 Å². The molecule has 0 aliphatic heterocycles. The van der Waals surface area contributed by atoms with Crippen LogP contribution in [0.4, 0.5) is 13.2 Å². The summed E-state index contributed by atoms with van der Waals surface area (Å²) in [5.74, 6) is 0. The summed E-state index contributed by atoms with van der Waals surface area (Å²) < 4.78 is 36.8. The first-order valence-electron chi connectivity index (χ1n) is 3.90. The third-order valence-corrected chi connectivity index (χ3v) is 2.16. The summed E-state index contributed by atoms with van der Waals surface area (Å²) in [4.78, 5) is 0. The maximum Gasteiger partial charge on any atom is 0.407 e. The van der Waals surface area contributed by atoms with Gasteiger partial charge in [-0.15, -0.1) is 0 Å². The molecule has 0 fully saturated rings. The van der Waals surface area contributed by atoms with Crippen LogP contribution < -0.4 is 5.73 Å². The van der Waals surface area contributed by atoms with Gasteiger partial charge in [0, 0.05) is 5.02 Å². The number of hydrogen-bond donors (Lipinski definition) is 1. The van der Waals surface area contributed by atoms with Gasteiger partial charge in [0.1, 0.15) is 6.04 Å². The molecule has 0 aromatic heterocycles. The fourth-order valence-electron chi connectivity index (χ4n) is 1.12. The van der Waals surface area contributed by atoms with E-state index >= 15 is 0 Å². The highest BCUT2D eigenvalue weighted by Crippen LogP contribution is 2.33. The molecule has 5 heteroatoms. The number of alkyl halides is 3. The van der Waals surface area contributed by atoms with E-state index in [9.17, 15) is 13.2 Å². The molecule has 1 aromatic rings. The Kier molecular flexibility index (Phi) is 3.07. The molecular weight excluding hydrogens is 215 g/mol. The lowest BCUT2D eigenvalue weighted by atomic mass is 10.0. The zero-order chi connectivity index (χ0) is 10.9. The molecule has 0 saturated heterocycles. The van der Waals surface area contributed by atoms with Crippen LogP contribution >= 0.6 is 11.6 Å². The molecule has 0 aliphatic rings. The van der Waals surface area contributed by atoms with Gasteiger partial charge in [-0.25, -0.2) is 0 Å². The summed E-state index contributed by atoms with van der Waals surface area (Å²) in [6, 6.07) is 2.32. The molecule has 1 atom stereocenters. The fourth-order valence-corrected chi connectivity index (χ4v) is 1.30. The molecule has 78 valence electrons. The largest absolute Gasteiger partial charge is 0.407 e. The van der Waals surface area contributed by atoms with E-state index in [2.05, 4.69) is 0 Å². The Hall–Kier alpha value is -0.740. The van der Waals surface area contributed by atoms with Gasteiger partial charge in [0.25, 0.3) is 0 Å². The minimum Gasteiger partial charge on any atom is -0.316 e. The van der Waals surface area contributed by atoms with E-state index in [0.717, 1.165) is 0 Å². The Labute approximate surface area is 84.7 Å². The SMILES string of the molecule is Cc1ccc(Cl)cc1[C@@H](N)C(F)(F)F. The summed E-state index contributed by atoms with van der Waals surface area (Å²) >= 11 is 5.59. The van der Waals surface area contributed by atoms with Crippen molar-refractivity contribution in [1.82, 2.24) is 0 Å². The quantitative estimate of drug-likeness (QED) is 0.777. The molecule has 0 radical (unpaired) electrons. The maximum absolute atomic E-state index is 12.3. The molecule has 2 N–H and O–H groups in total. The molecule has 0 amide bonds. The van der Waals surface area contributed by atoms with Crippen molar-refractivity contribution in [3.8, 4) is 0 Å². The predicted molar refractivity (Wildman–Crippen MR) is 49.2 cm³/mol. The van der Waals surface area contributed by atoms with Gasteiger partial charge in [-0.05, 0) is 30.2 Å². The topological polar surface area (TPSA) is 26.0 Å².